The molecule has 0 saturated heterocycles. The number of nitrogens with one attached hydrogen (secondary N) is 3. The third-order valence-electron chi connectivity index (χ3n) is 4.72. The van der Waals surface area contributed by atoms with Gasteiger partial charge < -0.3 is 15.4 Å². The van der Waals surface area contributed by atoms with Crippen LogP contribution < -0.4 is 15.4 Å². The molecule has 3 N–H and O–H groups in total. The predicted octanol–water partition coefficient (Wildman–Crippen LogP) is 2.88. The Kier molecular flexibility index (Phi) is 7.42. The quantitative estimate of drug-likeness (QED) is 0.520. The highest BCUT2D eigenvalue weighted by atomic mass is 32.2. The van der Waals surface area contributed by atoms with Crippen molar-refractivity contribution < 1.29 is 22.7 Å². The highest BCUT2D eigenvalue weighted by Gasteiger charge is 2.23. The lowest BCUT2D eigenvalue weighted by Gasteiger charge is -2.15. The van der Waals surface area contributed by atoms with Crippen molar-refractivity contribution in [3.05, 3.63) is 54.1 Å². The summed E-state index contributed by atoms with van der Waals surface area (Å²) in [5, 5.41) is 5.30. The maximum atomic E-state index is 12.6. The first-order chi connectivity index (χ1) is 14.7. The Hall–Kier alpha value is -2.75. The van der Waals surface area contributed by atoms with Crippen LogP contribution in [0.4, 0.5) is 11.4 Å². The summed E-state index contributed by atoms with van der Waals surface area (Å²) in [5.74, 6) is -0.0505. The first-order valence-electron chi connectivity index (χ1n) is 10.1. The van der Waals surface area contributed by atoms with Crippen molar-refractivity contribution in [2.75, 3.05) is 17.2 Å². The van der Waals surface area contributed by atoms with Crippen LogP contribution in [0.15, 0.2) is 53.4 Å². The summed E-state index contributed by atoms with van der Waals surface area (Å²) in [4.78, 5) is 23.6. The van der Waals surface area contributed by atoms with Gasteiger partial charge in [0.1, 0.15) is 0 Å². The maximum absolute atomic E-state index is 12.6. The van der Waals surface area contributed by atoms with E-state index < -0.39 is 22.0 Å². The Morgan fingerprint density at radius 1 is 1.06 bits per heavy atom. The second kappa shape index (κ2) is 10.0. The summed E-state index contributed by atoms with van der Waals surface area (Å²) in [6.07, 6.45) is 2.45. The fraction of sp³-hybridized carbons (Fsp3) is 0.364. The summed E-state index contributed by atoms with van der Waals surface area (Å²) in [6.45, 7) is 4.06. The minimum Gasteiger partial charge on any atom is -0.376 e. The summed E-state index contributed by atoms with van der Waals surface area (Å²) >= 11 is 0. The monoisotopic (exact) mass is 445 g/mol. The lowest BCUT2D eigenvalue weighted by atomic mass is 10.2. The zero-order valence-corrected chi connectivity index (χ0v) is 18.4. The van der Waals surface area contributed by atoms with Crippen LogP contribution in [0.1, 0.15) is 32.3 Å². The first-order valence-corrected chi connectivity index (χ1v) is 11.6. The number of hydrogen-bond acceptors (Lipinski definition) is 5. The van der Waals surface area contributed by atoms with Crippen molar-refractivity contribution in [3.8, 4) is 0 Å². The smallest absolute Gasteiger partial charge is 0.242 e. The van der Waals surface area contributed by atoms with Gasteiger partial charge in [-0.05, 0) is 67.6 Å². The molecule has 1 atom stereocenters. The molecule has 0 aromatic heterocycles. The van der Waals surface area contributed by atoms with E-state index in [0.717, 1.165) is 12.2 Å². The van der Waals surface area contributed by atoms with Crippen LogP contribution >= 0.6 is 0 Å². The Morgan fingerprint density at radius 2 is 1.77 bits per heavy atom. The SMILES string of the molecule is CC(=O)Nc1ccc(S(=O)(=O)N[C@@H](C)C(=O)Nc2cccc(COCC3CC3)c2)cc1. The number of hydrogen-bond donors (Lipinski definition) is 3. The van der Waals surface area contributed by atoms with E-state index in [1.165, 1.54) is 51.0 Å². The molecule has 1 aliphatic carbocycles. The van der Waals surface area contributed by atoms with E-state index in [0.29, 0.717) is 23.9 Å². The van der Waals surface area contributed by atoms with E-state index in [4.69, 9.17) is 4.74 Å². The van der Waals surface area contributed by atoms with Crippen LogP contribution in [0.5, 0.6) is 0 Å². The van der Waals surface area contributed by atoms with E-state index in [1.54, 1.807) is 6.07 Å². The first kappa shape index (κ1) is 22.9. The van der Waals surface area contributed by atoms with Crippen LogP contribution in [-0.4, -0.2) is 32.9 Å². The average Bonchev–Trinajstić information content (AvgIpc) is 3.52. The Balaban J connectivity index is 1.56. The van der Waals surface area contributed by atoms with Crippen molar-refractivity contribution in [2.24, 2.45) is 5.92 Å². The third-order valence-corrected chi connectivity index (χ3v) is 6.28. The number of benzene rings is 2. The maximum Gasteiger partial charge on any atom is 0.242 e. The Morgan fingerprint density at radius 3 is 2.42 bits per heavy atom. The third kappa shape index (κ3) is 7.16. The lowest BCUT2D eigenvalue weighted by Crippen LogP contribution is -2.41. The molecule has 0 spiro atoms. The second-order valence-corrected chi connectivity index (χ2v) is 9.41. The molecule has 31 heavy (non-hydrogen) atoms. The standard InChI is InChI=1S/C22H27N3O5S/c1-15(25-31(28,29)21-10-8-19(9-11-21)23-16(2)26)22(27)24-20-5-3-4-18(12-20)14-30-13-17-6-7-17/h3-5,8-12,15,17,25H,6-7,13-14H2,1-2H3,(H,23,26)(H,24,27)/t15-/m0/s1. The topological polar surface area (TPSA) is 114 Å². The van der Waals surface area contributed by atoms with Gasteiger partial charge in [-0.3, -0.25) is 9.59 Å². The number of carbonyl (C=O) groups excluding carboxylic acids is 2. The van der Waals surface area contributed by atoms with Gasteiger partial charge in [0.05, 0.1) is 17.5 Å². The number of anilines is 2. The van der Waals surface area contributed by atoms with E-state index in [-0.39, 0.29) is 10.8 Å². The highest BCUT2D eigenvalue weighted by Crippen LogP contribution is 2.29. The van der Waals surface area contributed by atoms with Gasteiger partial charge in [0.15, 0.2) is 0 Å². The van der Waals surface area contributed by atoms with E-state index in [2.05, 4.69) is 15.4 Å². The molecule has 2 aromatic rings. The summed E-state index contributed by atoms with van der Waals surface area (Å²) in [7, 11) is -3.91. The van der Waals surface area contributed by atoms with Crippen LogP contribution in [0, 0.1) is 5.92 Å². The molecule has 9 heteroatoms. The number of sulfonamides is 1. The molecule has 1 fully saturated rings. The number of carbonyl (C=O) groups is 2. The molecule has 2 amide bonds. The molecule has 1 saturated carbocycles. The van der Waals surface area contributed by atoms with Gasteiger partial charge >= 0.3 is 0 Å². The molecular formula is C22H27N3O5S. The van der Waals surface area contributed by atoms with Crippen LogP contribution in [0.2, 0.25) is 0 Å². The van der Waals surface area contributed by atoms with Gasteiger partial charge in [0, 0.05) is 24.9 Å². The minimum absolute atomic E-state index is 0.00365. The molecule has 3 rings (SSSR count). The van der Waals surface area contributed by atoms with Crippen LogP contribution in [0.3, 0.4) is 0 Å². The van der Waals surface area contributed by atoms with Gasteiger partial charge in [-0.25, -0.2) is 8.42 Å². The van der Waals surface area contributed by atoms with Crippen molar-refractivity contribution in [3.63, 3.8) is 0 Å². The number of ether oxygens (including phenoxy) is 1. The van der Waals surface area contributed by atoms with E-state index >= 15 is 0 Å². The average molecular weight is 446 g/mol. The zero-order valence-electron chi connectivity index (χ0n) is 17.6. The van der Waals surface area contributed by atoms with Crippen LogP contribution in [-0.2, 0) is 31.0 Å². The Labute approximate surface area is 182 Å². The van der Waals surface area contributed by atoms with Crippen molar-refractivity contribution in [1.82, 2.24) is 4.72 Å². The molecule has 0 aliphatic heterocycles. The highest BCUT2D eigenvalue weighted by molar-refractivity contribution is 7.89. The molecule has 0 bridgehead atoms. The minimum atomic E-state index is -3.91. The summed E-state index contributed by atoms with van der Waals surface area (Å²) in [6, 6.07) is 12.0. The normalized spacial score (nSPS) is 14.6. The summed E-state index contributed by atoms with van der Waals surface area (Å²) in [5.41, 5.74) is 1.99. The molecule has 0 radical (unpaired) electrons. The molecule has 166 valence electrons. The largest absolute Gasteiger partial charge is 0.376 e. The fourth-order valence-corrected chi connectivity index (χ4v) is 4.10. The van der Waals surface area contributed by atoms with E-state index in [1.807, 2.05) is 18.2 Å². The lowest BCUT2D eigenvalue weighted by molar-refractivity contribution is -0.117. The summed E-state index contributed by atoms with van der Waals surface area (Å²) < 4.78 is 33.2. The zero-order chi connectivity index (χ0) is 22.4. The predicted molar refractivity (Wildman–Crippen MR) is 118 cm³/mol. The molecule has 0 heterocycles. The molecule has 2 aromatic carbocycles. The molecule has 0 unspecified atom stereocenters. The van der Waals surface area contributed by atoms with Gasteiger partial charge in [-0.15, -0.1) is 0 Å². The van der Waals surface area contributed by atoms with Crippen LogP contribution in [0.25, 0.3) is 0 Å². The molecular weight excluding hydrogens is 418 g/mol. The van der Waals surface area contributed by atoms with Crippen molar-refractivity contribution in [2.45, 2.75) is 44.2 Å². The van der Waals surface area contributed by atoms with Gasteiger partial charge in [-0.1, -0.05) is 12.1 Å². The van der Waals surface area contributed by atoms with Crippen molar-refractivity contribution >= 4 is 33.2 Å². The fourth-order valence-electron chi connectivity index (χ4n) is 2.89. The van der Waals surface area contributed by atoms with Gasteiger partial charge in [-0.2, -0.15) is 4.72 Å². The number of rotatable bonds is 10. The van der Waals surface area contributed by atoms with Gasteiger partial charge in [0.25, 0.3) is 0 Å². The second-order valence-electron chi connectivity index (χ2n) is 7.70. The van der Waals surface area contributed by atoms with Gasteiger partial charge in [0.2, 0.25) is 21.8 Å². The van der Waals surface area contributed by atoms with E-state index in [9.17, 15) is 18.0 Å². The van der Waals surface area contributed by atoms with Crippen molar-refractivity contribution in [1.29, 1.82) is 0 Å². The number of amides is 2. The Bertz CT molecular complexity index is 1030. The molecule has 8 nitrogen and oxygen atoms in total. The molecule has 1 aliphatic rings.